The van der Waals surface area contributed by atoms with Crippen molar-refractivity contribution < 1.29 is 32.0 Å². The lowest BCUT2D eigenvalue weighted by molar-refractivity contribution is -0.385. The Morgan fingerprint density at radius 2 is 2.12 bits per heavy atom. The molecule has 0 saturated carbocycles. The molecule has 2 aliphatic rings. The molecule has 136 valence electrons. The Morgan fingerprint density at radius 1 is 1.44 bits per heavy atom. The van der Waals surface area contributed by atoms with Gasteiger partial charge < -0.3 is 15.2 Å². The molecule has 0 spiro atoms. The number of non-ortho nitro benzene ring substituents is 1. The van der Waals surface area contributed by atoms with Crippen molar-refractivity contribution in [2.75, 3.05) is 6.61 Å². The van der Waals surface area contributed by atoms with Gasteiger partial charge in [-0.2, -0.15) is 13.2 Å². The summed E-state index contributed by atoms with van der Waals surface area (Å²) in [5, 5.41) is 11.0. The molecule has 7 nitrogen and oxygen atoms in total. The number of hydrogen-bond acceptors (Lipinski definition) is 6. The Balaban J connectivity index is 2.23. The second-order valence-electron chi connectivity index (χ2n) is 5.92. The molecule has 2 aliphatic heterocycles. The molecular weight excluding hydrogens is 350 g/mol. The van der Waals surface area contributed by atoms with Gasteiger partial charge in [-0.1, -0.05) is 0 Å². The van der Waals surface area contributed by atoms with E-state index in [4.69, 9.17) is 10.5 Å². The zero-order valence-corrected chi connectivity index (χ0v) is 12.8. The molecule has 1 fully saturated rings. The fourth-order valence-corrected chi connectivity index (χ4v) is 3.42. The van der Waals surface area contributed by atoms with Crippen LogP contribution in [-0.4, -0.2) is 35.9 Å². The van der Waals surface area contributed by atoms with Crippen molar-refractivity contribution in [2.24, 2.45) is 16.6 Å². The lowest BCUT2D eigenvalue weighted by Gasteiger charge is -2.41. The van der Waals surface area contributed by atoms with Crippen molar-refractivity contribution in [3.8, 4) is 0 Å². The van der Waals surface area contributed by atoms with E-state index < -0.39 is 58.9 Å². The van der Waals surface area contributed by atoms with Gasteiger partial charge in [0.1, 0.15) is 11.4 Å². The smallest absolute Gasteiger partial charge is 0.426 e. The maximum Gasteiger partial charge on any atom is 0.426 e. The predicted octanol–water partition coefficient (Wildman–Crippen LogP) is 2.24. The predicted molar refractivity (Wildman–Crippen MR) is 76.2 cm³/mol. The van der Waals surface area contributed by atoms with E-state index in [0.29, 0.717) is 0 Å². The minimum atomic E-state index is -4.81. The molecule has 0 aromatic heterocycles. The molecule has 1 aromatic carbocycles. The Kier molecular flexibility index (Phi) is 3.86. The van der Waals surface area contributed by atoms with E-state index in [2.05, 4.69) is 9.73 Å². The maximum absolute atomic E-state index is 14.4. The van der Waals surface area contributed by atoms with Gasteiger partial charge in [0.25, 0.3) is 11.7 Å². The highest BCUT2D eigenvalue weighted by atomic mass is 19.4. The number of alkyl halides is 3. The van der Waals surface area contributed by atoms with Crippen molar-refractivity contribution in [3.05, 3.63) is 39.7 Å². The molecule has 2 heterocycles. The molecule has 1 aromatic rings. The first kappa shape index (κ1) is 17.4. The number of aliphatic imine (C=N–C) groups is 1. The van der Waals surface area contributed by atoms with Crippen LogP contribution in [0.25, 0.3) is 0 Å². The minimum Gasteiger partial charge on any atom is -0.452 e. The van der Waals surface area contributed by atoms with Crippen LogP contribution in [0.3, 0.4) is 0 Å². The number of nitrogens with two attached hydrogens (primary N) is 1. The molecule has 2 unspecified atom stereocenters. The van der Waals surface area contributed by atoms with E-state index >= 15 is 0 Å². The number of nitro groups is 1. The molecule has 4 atom stereocenters. The molecule has 1 saturated heterocycles. The molecule has 0 bridgehead atoms. The van der Waals surface area contributed by atoms with Gasteiger partial charge in [0, 0.05) is 17.7 Å². The number of ether oxygens (including phenoxy) is 2. The van der Waals surface area contributed by atoms with Crippen LogP contribution in [0.4, 0.5) is 23.2 Å². The molecule has 25 heavy (non-hydrogen) atoms. The van der Waals surface area contributed by atoms with Crippen LogP contribution in [0, 0.1) is 21.8 Å². The van der Waals surface area contributed by atoms with Crippen LogP contribution < -0.4 is 5.73 Å². The van der Waals surface area contributed by atoms with Crippen LogP contribution in [0.5, 0.6) is 0 Å². The lowest BCUT2D eigenvalue weighted by atomic mass is 9.74. The van der Waals surface area contributed by atoms with Gasteiger partial charge >= 0.3 is 6.18 Å². The van der Waals surface area contributed by atoms with Crippen LogP contribution in [0.2, 0.25) is 0 Å². The van der Waals surface area contributed by atoms with Gasteiger partial charge in [-0.15, -0.1) is 0 Å². The van der Waals surface area contributed by atoms with Crippen molar-refractivity contribution in [1.29, 1.82) is 0 Å². The first-order valence-corrected chi connectivity index (χ1v) is 7.21. The standard InChI is InChI=1S/C14H13F4N3O4/c1-6-10-11(14(16,17)18)25-12(19)20-13(10,5-24-6)8-4-7(21(22)23)2-3-9(8)15/h2-4,6,10-11H,5H2,1H3,(H2,19,20)/t6-,10?,11+,13?/m1/s1. The van der Waals surface area contributed by atoms with E-state index in [-0.39, 0.29) is 5.56 Å². The fourth-order valence-electron chi connectivity index (χ4n) is 3.42. The third-order valence-corrected chi connectivity index (χ3v) is 4.46. The summed E-state index contributed by atoms with van der Waals surface area (Å²) in [6, 6.07) is 1.81. The van der Waals surface area contributed by atoms with Gasteiger partial charge in [-0.05, 0) is 13.0 Å². The maximum atomic E-state index is 14.4. The Morgan fingerprint density at radius 3 is 2.72 bits per heavy atom. The summed E-state index contributed by atoms with van der Waals surface area (Å²) in [6.07, 6.45) is -8.17. The van der Waals surface area contributed by atoms with E-state index in [9.17, 15) is 27.7 Å². The summed E-state index contributed by atoms with van der Waals surface area (Å²) < 4.78 is 64.7. The fraction of sp³-hybridized carbons (Fsp3) is 0.500. The summed E-state index contributed by atoms with van der Waals surface area (Å²) in [5.41, 5.74) is 2.69. The topological polar surface area (TPSA) is 100.0 Å². The molecule has 0 amide bonds. The zero-order chi connectivity index (χ0) is 18.6. The van der Waals surface area contributed by atoms with E-state index in [1.165, 1.54) is 6.92 Å². The first-order valence-electron chi connectivity index (χ1n) is 7.21. The number of nitro benzene ring substituents is 1. The number of nitrogens with zero attached hydrogens (tertiary/aromatic N) is 2. The van der Waals surface area contributed by atoms with Gasteiger partial charge in [0.05, 0.1) is 23.6 Å². The van der Waals surface area contributed by atoms with E-state index in [1.807, 2.05) is 0 Å². The van der Waals surface area contributed by atoms with Crippen LogP contribution in [-0.2, 0) is 15.0 Å². The monoisotopic (exact) mass is 363 g/mol. The molecule has 3 rings (SSSR count). The van der Waals surface area contributed by atoms with Crippen LogP contribution in [0.15, 0.2) is 23.2 Å². The number of fused-ring (bicyclic) bond motifs is 1. The van der Waals surface area contributed by atoms with Gasteiger partial charge in [-0.25, -0.2) is 9.38 Å². The minimum absolute atomic E-state index is 0.378. The molecule has 2 N–H and O–H groups in total. The number of hydrogen-bond donors (Lipinski definition) is 1. The number of benzene rings is 1. The first-order chi connectivity index (χ1) is 11.6. The third kappa shape index (κ3) is 2.68. The summed E-state index contributed by atoms with van der Waals surface area (Å²) in [4.78, 5) is 14.1. The Hall–Kier alpha value is -2.43. The summed E-state index contributed by atoms with van der Waals surface area (Å²) in [5.74, 6) is -2.39. The van der Waals surface area contributed by atoms with Crippen molar-refractivity contribution >= 4 is 11.7 Å². The number of amidine groups is 1. The normalized spacial score (nSPS) is 31.9. The van der Waals surface area contributed by atoms with Crippen molar-refractivity contribution in [3.63, 3.8) is 0 Å². The average Bonchev–Trinajstić information content (AvgIpc) is 2.83. The second kappa shape index (κ2) is 5.55. The zero-order valence-electron chi connectivity index (χ0n) is 12.8. The van der Waals surface area contributed by atoms with Crippen LogP contribution in [0.1, 0.15) is 12.5 Å². The quantitative estimate of drug-likeness (QED) is 0.493. The third-order valence-electron chi connectivity index (χ3n) is 4.46. The highest BCUT2D eigenvalue weighted by Gasteiger charge is 2.64. The van der Waals surface area contributed by atoms with Gasteiger partial charge in [-0.3, -0.25) is 10.1 Å². The molecule has 0 aliphatic carbocycles. The summed E-state index contributed by atoms with van der Waals surface area (Å²) in [7, 11) is 0. The van der Waals surface area contributed by atoms with Crippen molar-refractivity contribution in [2.45, 2.75) is 30.8 Å². The SMILES string of the molecule is C[C@H]1OCC2(c3cc([N+](=O)[O-])ccc3F)N=C(N)O[C@H](C(F)(F)F)C12. The van der Waals surface area contributed by atoms with Crippen LogP contribution >= 0.6 is 0 Å². The molecule has 11 heteroatoms. The van der Waals surface area contributed by atoms with E-state index in [1.54, 1.807) is 0 Å². The average molecular weight is 363 g/mol. The largest absolute Gasteiger partial charge is 0.452 e. The number of rotatable bonds is 2. The molecule has 0 radical (unpaired) electrons. The lowest BCUT2D eigenvalue weighted by Crippen LogP contribution is -2.55. The van der Waals surface area contributed by atoms with Crippen molar-refractivity contribution in [1.82, 2.24) is 0 Å². The molecular formula is C14H13F4N3O4. The van der Waals surface area contributed by atoms with Gasteiger partial charge in [0.2, 0.25) is 6.10 Å². The highest BCUT2D eigenvalue weighted by Crippen LogP contribution is 2.51. The number of halogens is 4. The Labute approximate surface area is 138 Å². The summed E-state index contributed by atoms with van der Waals surface area (Å²) >= 11 is 0. The summed E-state index contributed by atoms with van der Waals surface area (Å²) in [6.45, 7) is 0.967. The highest BCUT2D eigenvalue weighted by molar-refractivity contribution is 5.73. The van der Waals surface area contributed by atoms with Gasteiger partial charge in [0.15, 0.2) is 0 Å². The van der Waals surface area contributed by atoms with E-state index in [0.717, 1.165) is 18.2 Å². The Bertz CT molecular complexity index is 754. The second-order valence-corrected chi connectivity index (χ2v) is 5.92.